The van der Waals surface area contributed by atoms with Crippen LogP contribution in [0.3, 0.4) is 0 Å². The summed E-state index contributed by atoms with van der Waals surface area (Å²) in [5.41, 5.74) is 0.518. The molecule has 92 valence electrons. The topological polar surface area (TPSA) is 41.8 Å². The monoisotopic (exact) mass is 249 g/mol. The smallest absolute Gasteiger partial charge is 0.162 e. The molecule has 0 saturated heterocycles. The molecule has 0 spiro atoms. The van der Waals surface area contributed by atoms with Gasteiger partial charge < -0.3 is 9.94 Å². The molecule has 0 aliphatic heterocycles. The van der Waals surface area contributed by atoms with E-state index in [1.54, 1.807) is 24.3 Å². The maximum absolute atomic E-state index is 13.0. The van der Waals surface area contributed by atoms with Crippen molar-refractivity contribution in [2.75, 3.05) is 0 Å². The fourth-order valence-corrected chi connectivity index (χ4v) is 1.41. The largest absolute Gasteiger partial charge is 0.457 e. The highest BCUT2D eigenvalue weighted by molar-refractivity contribution is 5.83. The second-order valence-electron chi connectivity index (χ2n) is 3.46. The van der Waals surface area contributed by atoms with E-state index in [1.807, 2.05) is 0 Å². The molecule has 0 saturated carbocycles. The summed E-state index contributed by atoms with van der Waals surface area (Å²) >= 11 is 0. The lowest BCUT2D eigenvalue weighted by molar-refractivity contribution is 0.321. The van der Waals surface area contributed by atoms with Gasteiger partial charge in [-0.05, 0) is 24.3 Å². The van der Waals surface area contributed by atoms with E-state index in [1.165, 1.54) is 12.3 Å². The maximum Gasteiger partial charge on any atom is 0.162 e. The molecule has 0 heterocycles. The minimum absolute atomic E-state index is 0.160. The van der Waals surface area contributed by atoms with Crippen LogP contribution in [0.25, 0.3) is 0 Å². The van der Waals surface area contributed by atoms with Crippen LogP contribution in [0.2, 0.25) is 0 Å². The van der Waals surface area contributed by atoms with Crippen molar-refractivity contribution in [1.82, 2.24) is 0 Å². The first-order valence-electron chi connectivity index (χ1n) is 5.10. The van der Waals surface area contributed by atoms with Gasteiger partial charge in [0.1, 0.15) is 11.5 Å². The van der Waals surface area contributed by atoms with E-state index in [9.17, 15) is 8.78 Å². The Morgan fingerprint density at radius 2 is 1.83 bits per heavy atom. The van der Waals surface area contributed by atoms with Crippen LogP contribution in [-0.4, -0.2) is 11.4 Å². The van der Waals surface area contributed by atoms with Crippen molar-refractivity contribution in [3.05, 3.63) is 59.7 Å². The Balaban J connectivity index is 2.31. The molecule has 18 heavy (non-hydrogen) atoms. The van der Waals surface area contributed by atoms with Crippen molar-refractivity contribution < 1.29 is 18.7 Å². The highest BCUT2D eigenvalue weighted by atomic mass is 19.2. The summed E-state index contributed by atoms with van der Waals surface area (Å²) in [4.78, 5) is 0. The molecule has 0 amide bonds. The zero-order valence-electron chi connectivity index (χ0n) is 9.18. The van der Waals surface area contributed by atoms with Crippen molar-refractivity contribution >= 4 is 6.21 Å². The van der Waals surface area contributed by atoms with Crippen LogP contribution in [-0.2, 0) is 0 Å². The number of hydrogen-bond donors (Lipinski definition) is 1. The Hall–Kier alpha value is -2.43. The summed E-state index contributed by atoms with van der Waals surface area (Å²) in [6.07, 6.45) is 1.19. The van der Waals surface area contributed by atoms with Gasteiger partial charge in [0.2, 0.25) is 0 Å². The van der Waals surface area contributed by atoms with Crippen LogP contribution >= 0.6 is 0 Å². The summed E-state index contributed by atoms with van der Waals surface area (Å²) in [7, 11) is 0. The number of ether oxygens (including phenoxy) is 1. The predicted molar refractivity (Wildman–Crippen MR) is 62.3 cm³/mol. The minimum Gasteiger partial charge on any atom is -0.457 e. The molecule has 0 aliphatic carbocycles. The SMILES string of the molecule is O/N=C\c1ccccc1Oc1ccc(F)c(F)c1. The van der Waals surface area contributed by atoms with E-state index in [2.05, 4.69) is 5.16 Å². The van der Waals surface area contributed by atoms with E-state index in [-0.39, 0.29) is 5.75 Å². The molecule has 5 heteroatoms. The number of para-hydroxylation sites is 1. The third-order valence-corrected chi connectivity index (χ3v) is 2.23. The zero-order chi connectivity index (χ0) is 13.0. The van der Waals surface area contributed by atoms with Gasteiger partial charge in [0.25, 0.3) is 0 Å². The van der Waals surface area contributed by atoms with Crippen LogP contribution in [0.1, 0.15) is 5.56 Å². The Morgan fingerprint density at radius 3 is 2.56 bits per heavy atom. The molecule has 3 nitrogen and oxygen atoms in total. The molecule has 0 aromatic heterocycles. The second-order valence-corrected chi connectivity index (χ2v) is 3.46. The normalized spacial score (nSPS) is 10.8. The molecular formula is C13H9F2NO2. The van der Waals surface area contributed by atoms with Gasteiger partial charge in [-0.25, -0.2) is 8.78 Å². The van der Waals surface area contributed by atoms with Gasteiger partial charge in [-0.1, -0.05) is 17.3 Å². The maximum atomic E-state index is 13.0. The van der Waals surface area contributed by atoms with Gasteiger partial charge >= 0.3 is 0 Å². The highest BCUT2D eigenvalue weighted by Gasteiger charge is 2.06. The van der Waals surface area contributed by atoms with Gasteiger partial charge in [0, 0.05) is 11.6 Å². The van der Waals surface area contributed by atoms with E-state index >= 15 is 0 Å². The molecule has 0 fully saturated rings. The Bertz CT molecular complexity index is 585. The van der Waals surface area contributed by atoms with Gasteiger partial charge in [-0.15, -0.1) is 0 Å². The quantitative estimate of drug-likeness (QED) is 0.513. The van der Waals surface area contributed by atoms with Gasteiger partial charge in [0.05, 0.1) is 6.21 Å². The molecule has 0 radical (unpaired) electrons. The van der Waals surface area contributed by atoms with Crippen molar-refractivity contribution in [2.45, 2.75) is 0 Å². The number of halogens is 2. The number of benzene rings is 2. The lowest BCUT2D eigenvalue weighted by atomic mass is 10.2. The first kappa shape index (κ1) is 12.0. The Kier molecular flexibility index (Phi) is 3.52. The highest BCUT2D eigenvalue weighted by Crippen LogP contribution is 2.25. The van der Waals surface area contributed by atoms with Crippen molar-refractivity contribution in [3.8, 4) is 11.5 Å². The van der Waals surface area contributed by atoms with E-state index < -0.39 is 11.6 Å². The summed E-state index contributed by atoms with van der Waals surface area (Å²) < 4.78 is 31.2. The number of oxime groups is 1. The number of nitrogens with zero attached hydrogens (tertiary/aromatic N) is 1. The Labute approximate surface area is 102 Å². The van der Waals surface area contributed by atoms with Crippen LogP contribution in [0, 0.1) is 11.6 Å². The summed E-state index contributed by atoms with van der Waals surface area (Å²) in [6.45, 7) is 0. The summed E-state index contributed by atoms with van der Waals surface area (Å²) in [5, 5.41) is 11.4. The van der Waals surface area contributed by atoms with Crippen LogP contribution in [0.15, 0.2) is 47.6 Å². The van der Waals surface area contributed by atoms with Crippen molar-refractivity contribution in [3.63, 3.8) is 0 Å². The van der Waals surface area contributed by atoms with Crippen molar-refractivity contribution in [1.29, 1.82) is 0 Å². The molecule has 2 aromatic rings. The van der Waals surface area contributed by atoms with Gasteiger partial charge in [0.15, 0.2) is 11.6 Å². The third-order valence-electron chi connectivity index (χ3n) is 2.23. The average molecular weight is 249 g/mol. The van der Waals surface area contributed by atoms with Crippen LogP contribution < -0.4 is 4.74 Å². The number of hydrogen-bond acceptors (Lipinski definition) is 3. The average Bonchev–Trinajstić information content (AvgIpc) is 2.37. The second kappa shape index (κ2) is 5.27. The fourth-order valence-electron chi connectivity index (χ4n) is 1.41. The van der Waals surface area contributed by atoms with E-state index in [0.717, 1.165) is 12.1 Å². The molecule has 0 aliphatic rings. The summed E-state index contributed by atoms with van der Waals surface area (Å²) in [5.74, 6) is -1.39. The standard InChI is InChI=1S/C13H9F2NO2/c14-11-6-5-10(7-12(11)15)18-13-4-2-1-3-9(13)8-16-17/h1-8,17H/b16-8-. The first-order chi connectivity index (χ1) is 8.70. The summed E-state index contributed by atoms with van der Waals surface area (Å²) in [6, 6.07) is 9.97. The van der Waals surface area contributed by atoms with Gasteiger partial charge in [-0.2, -0.15) is 0 Å². The van der Waals surface area contributed by atoms with Crippen LogP contribution in [0.4, 0.5) is 8.78 Å². The zero-order valence-corrected chi connectivity index (χ0v) is 9.18. The fraction of sp³-hybridized carbons (Fsp3) is 0. The van der Waals surface area contributed by atoms with E-state index in [0.29, 0.717) is 11.3 Å². The van der Waals surface area contributed by atoms with Crippen LogP contribution in [0.5, 0.6) is 11.5 Å². The first-order valence-corrected chi connectivity index (χ1v) is 5.10. The molecule has 0 bridgehead atoms. The Morgan fingerprint density at radius 1 is 1.06 bits per heavy atom. The lowest BCUT2D eigenvalue weighted by Gasteiger charge is -2.08. The van der Waals surface area contributed by atoms with Gasteiger partial charge in [-0.3, -0.25) is 0 Å². The third kappa shape index (κ3) is 2.63. The molecule has 1 N–H and O–H groups in total. The van der Waals surface area contributed by atoms with Crippen molar-refractivity contribution in [2.24, 2.45) is 5.16 Å². The molecule has 2 aromatic carbocycles. The minimum atomic E-state index is -0.985. The molecule has 0 unspecified atom stereocenters. The lowest BCUT2D eigenvalue weighted by Crippen LogP contribution is -1.92. The predicted octanol–water partition coefficient (Wildman–Crippen LogP) is 3.57. The molecule has 0 atom stereocenters. The number of rotatable bonds is 3. The van der Waals surface area contributed by atoms with E-state index in [4.69, 9.17) is 9.94 Å². The molecular weight excluding hydrogens is 240 g/mol. The molecule has 2 rings (SSSR count).